The molecule has 0 N–H and O–H groups in total. The van der Waals surface area contributed by atoms with E-state index >= 15 is 0 Å². The molecule has 0 aromatic heterocycles. The Labute approximate surface area is 370 Å². The molecule has 0 atom stereocenters. The average Bonchev–Trinajstić information content (AvgIpc) is 3.78. The Hall–Kier alpha value is -7.74. The van der Waals surface area contributed by atoms with Gasteiger partial charge in [-0.15, -0.1) is 0 Å². The maximum atomic E-state index is 2.56. The van der Waals surface area contributed by atoms with Gasteiger partial charge in [-0.3, -0.25) is 0 Å². The summed E-state index contributed by atoms with van der Waals surface area (Å²) in [6, 6.07) is 87.8. The molecule has 0 radical (unpaired) electrons. The molecule has 0 fully saturated rings. The number of benzene rings is 10. The first kappa shape index (κ1) is 37.1. The lowest BCUT2D eigenvalue weighted by atomic mass is 9.67. The van der Waals surface area contributed by atoms with Crippen molar-refractivity contribution in [2.75, 3.05) is 4.90 Å². The molecule has 12 rings (SSSR count). The second-order valence-electron chi connectivity index (χ2n) is 17.6. The third kappa shape index (κ3) is 5.49. The van der Waals surface area contributed by atoms with Crippen molar-refractivity contribution in [1.29, 1.82) is 0 Å². The van der Waals surface area contributed by atoms with E-state index in [0.717, 1.165) is 11.4 Å². The van der Waals surface area contributed by atoms with E-state index in [2.05, 4.69) is 255 Å². The summed E-state index contributed by atoms with van der Waals surface area (Å²) in [4.78, 5) is 2.56. The maximum Gasteiger partial charge on any atom is 0.0714 e. The molecule has 63 heavy (non-hydrogen) atoms. The Morgan fingerprint density at radius 2 is 0.825 bits per heavy atom. The van der Waals surface area contributed by atoms with Crippen LogP contribution in [0.1, 0.15) is 47.2 Å². The lowest BCUT2D eigenvalue weighted by Crippen LogP contribution is -2.28. The van der Waals surface area contributed by atoms with E-state index in [0.29, 0.717) is 0 Å². The molecule has 0 saturated carbocycles. The van der Waals surface area contributed by atoms with Crippen LogP contribution in [-0.4, -0.2) is 0 Å². The molecule has 2 aliphatic rings. The lowest BCUT2D eigenvalue weighted by Gasteiger charge is -2.36. The number of rotatable bonds is 7. The van der Waals surface area contributed by atoms with Crippen LogP contribution in [0.5, 0.6) is 0 Å². The van der Waals surface area contributed by atoms with Gasteiger partial charge in [0.05, 0.1) is 11.1 Å². The molecular formula is C62H45N. The standard InChI is InChI=1S/C62H45N/c1-61(2)54-33-19-18-32-53(54)58-57(44-37-35-43(36-38-44)42-21-7-3-8-22-42)60(52-31-16-15-30-51(52)59(58)61)63(47-27-13-6-14-28-47)48-39-40-50-49-29-17-20-34-55(49)62(56(50)41-48,45-23-9-4-10-24-45)46-25-11-5-12-26-46/h3-41H,1-2H3. The number of anilines is 3. The highest BCUT2D eigenvalue weighted by Crippen LogP contribution is 2.61. The van der Waals surface area contributed by atoms with Crippen molar-refractivity contribution in [3.63, 3.8) is 0 Å². The largest absolute Gasteiger partial charge is 0.309 e. The molecule has 10 aromatic carbocycles. The second-order valence-corrected chi connectivity index (χ2v) is 17.6. The quantitative estimate of drug-likeness (QED) is 0.155. The summed E-state index contributed by atoms with van der Waals surface area (Å²) in [6.45, 7) is 4.82. The summed E-state index contributed by atoms with van der Waals surface area (Å²) < 4.78 is 0. The van der Waals surface area contributed by atoms with E-state index in [1.807, 2.05) is 0 Å². The van der Waals surface area contributed by atoms with Gasteiger partial charge in [-0.05, 0) is 102 Å². The predicted octanol–water partition coefficient (Wildman–Crippen LogP) is 16.3. The number of fused-ring (bicyclic) bond motifs is 8. The summed E-state index contributed by atoms with van der Waals surface area (Å²) in [5.41, 5.74) is 20.5. The van der Waals surface area contributed by atoms with E-state index < -0.39 is 5.41 Å². The molecule has 10 aromatic rings. The first-order valence-corrected chi connectivity index (χ1v) is 22.1. The van der Waals surface area contributed by atoms with E-state index in [4.69, 9.17) is 0 Å². The van der Waals surface area contributed by atoms with Crippen molar-refractivity contribution >= 4 is 27.8 Å². The topological polar surface area (TPSA) is 3.24 Å². The molecule has 2 aliphatic carbocycles. The van der Waals surface area contributed by atoms with Crippen LogP contribution < -0.4 is 4.90 Å². The summed E-state index contributed by atoms with van der Waals surface area (Å²) >= 11 is 0. The maximum absolute atomic E-state index is 2.56. The second kappa shape index (κ2) is 14.4. The molecule has 298 valence electrons. The van der Waals surface area contributed by atoms with E-state index in [1.165, 1.54) is 94.3 Å². The van der Waals surface area contributed by atoms with Crippen LogP contribution in [0.2, 0.25) is 0 Å². The predicted molar refractivity (Wildman–Crippen MR) is 264 cm³/mol. The summed E-state index contributed by atoms with van der Waals surface area (Å²) in [7, 11) is 0. The zero-order chi connectivity index (χ0) is 42.1. The van der Waals surface area contributed by atoms with Gasteiger partial charge in [0.25, 0.3) is 0 Å². The number of hydrogen-bond acceptors (Lipinski definition) is 1. The fraction of sp³-hybridized carbons (Fsp3) is 0.0645. The molecule has 0 amide bonds. The molecule has 0 spiro atoms. The number of para-hydroxylation sites is 1. The summed E-state index contributed by atoms with van der Waals surface area (Å²) in [6.07, 6.45) is 0. The highest BCUT2D eigenvalue weighted by molar-refractivity contribution is 6.16. The van der Waals surface area contributed by atoms with Gasteiger partial charge in [-0.1, -0.05) is 226 Å². The first-order valence-electron chi connectivity index (χ1n) is 22.1. The Morgan fingerprint density at radius 3 is 1.49 bits per heavy atom. The average molecular weight is 804 g/mol. The monoisotopic (exact) mass is 803 g/mol. The van der Waals surface area contributed by atoms with Crippen LogP contribution in [0.25, 0.3) is 55.3 Å². The normalized spacial score (nSPS) is 13.8. The highest BCUT2D eigenvalue weighted by Gasteiger charge is 2.47. The minimum Gasteiger partial charge on any atom is -0.309 e. The Kier molecular flexibility index (Phi) is 8.49. The van der Waals surface area contributed by atoms with Crippen LogP contribution in [-0.2, 0) is 10.8 Å². The Morgan fingerprint density at radius 1 is 0.333 bits per heavy atom. The molecule has 0 aliphatic heterocycles. The van der Waals surface area contributed by atoms with Crippen LogP contribution in [0.15, 0.2) is 237 Å². The molecule has 0 saturated heterocycles. The van der Waals surface area contributed by atoms with Gasteiger partial charge < -0.3 is 4.90 Å². The molecule has 0 bridgehead atoms. The minimum absolute atomic E-state index is 0.218. The van der Waals surface area contributed by atoms with Crippen LogP contribution in [0.3, 0.4) is 0 Å². The van der Waals surface area contributed by atoms with E-state index in [9.17, 15) is 0 Å². The Balaban J connectivity index is 1.21. The molecule has 1 heteroatoms. The van der Waals surface area contributed by atoms with Crippen molar-refractivity contribution in [3.05, 3.63) is 270 Å². The molecule has 1 nitrogen and oxygen atoms in total. The van der Waals surface area contributed by atoms with Gasteiger partial charge in [-0.2, -0.15) is 0 Å². The third-order valence-corrected chi connectivity index (χ3v) is 13.9. The zero-order valence-electron chi connectivity index (χ0n) is 35.5. The lowest BCUT2D eigenvalue weighted by molar-refractivity contribution is 0.666. The molecular weight excluding hydrogens is 759 g/mol. The van der Waals surface area contributed by atoms with Crippen LogP contribution in [0.4, 0.5) is 17.1 Å². The Bertz CT molecular complexity index is 3290. The fourth-order valence-electron chi connectivity index (χ4n) is 11.2. The van der Waals surface area contributed by atoms with E-state index in [-0.39, 0.29) is 5.41 Å². The zero-order valence-corrected chi connectivity index (χ0v) is 35.5. The van der Waals surface area contributed by atoms with Crippen molar-refractivity contribution < 1.29 is 0 Å². The summed E-state index contributed by atoms with van der Waals surface area (Å²) in [5, 5.41) is 2.51. The van der Waals surface area contributed by atoms with Crippen molar-refractivity contribution in [2.24, 2.45) is 0 Å². The van der Waals surface area contributed by atoms with Gasteiger partial charge in [0.2, 0.25) is 0 Å². The first-order chi connectivity index (χ1) is 31.0. The van der Waals surface area contributed by atoms with Gasteiger partial charge in [0.1, 0.15) is 0 Å². The van der Waals surface area contributed by atoms with Gasteiger partial charge in [-0.25, -0.2) is 0 Å². The van der Waals surface area contributed by atoms with Crippen molar-refractivity contribution in [3.8, 4) is 44.5 Å². The smallest absolute Gasteiger partial charge is 0.0714 e. The van der Waals surface area contributed by atoms with Gasteiger partial charge in [0, 0.05) is 27.7 Å². The molecule has 0 unspecified atom stereocenters. The van der Waals surface area contributed by atoms with Crippen molar-refractivity contribution in [1.82, 2.24) is 0 Å². The summed E-state index contributed by atoms with van der Waals surface area (Å²) in [5.74, 6) is 0. The molecule has 0 heterocycles. The van der Waals surface area contributed by atoms with Gasteiger partial charge in [0.15, 0.2) is 0 Å². The fourth-order valence-corrected chi connectivity index (χ4v) is 11.2. The SMILES string of the molecule is CC1(C)c2ccccc2-c2c(-c3ccc(-c4ccccc4)cc3)c(N(c3ccccc3)c3ccc4c(c3)C(c3ccccc3)(c3ccccc3)c3ccccc3-4)c3ccccc3c21. The number of hydrogen-bond donors (Lipinski definition) is 0. The van der Waals surface area contributed by atoms with E-state index in [1.54, 1.807) is 0 Å². The van der Waals surface area contributed by atoms with Crippen LogP contribution >= 0.6 is 0 Å². The minimum atomic E-state index is -0.536. The van der Waals surface area contributed by atoms with Crippen molar-refractivity contribution in [2.45, 2.75) is 24.7 Å². The number of nitrogens with zero attached hydrogens (tertiary/aromatic N) is 1. The van der Waals surface area contributed by atoms with Gasteiger partial charge >= 0.3 is 0 Å². The highest BCUT2D eigenvalue weighted by atomic mass is 15.1. The van der Waals surface area contributed by atoms with Crippen LogP contribution in [0, 0.1) is 0 Å². The third-order valence-electron chi connectivity index (χ3n) is 13.9.